The van der Waals surface area contributed by atoms with Crippen LogP contribution in [0.2, 0.25) is 0 Å². The van der Waals surface area contributed by atoms with E-state index in [-0.39, 0.29) is 0 Å². The fraction of sp³-hybridized carbons (Fsp3) is 1.00. The quantitative estimate of drug-likeness (QED) is 0.696. The minimum absolute atomic E-state index is 0.339. The zero-order valence-electron chi connectivity index (χ0n) is 14.8. The summed E-state index contributed by atoms with van der Waals surface area (Å²) in [6, 6.07) is 0.680. The second-order valence-electron chi connectivity index (χ2n) is 8.30. The average molecular weight is 296 g/mol. The normalized spacial score (nSPS) is 31.3. The third-order valence-corrected chi connectivity index (χ3v) is 4.99. The van der Waals surface area contributed by atoms with Gasteiger partial charge < -0.3 is 10.1 Å². The van der Waals surface area contributed by atoms with Gasteiger partial charge in [0.15, 0.2) is 0 Å². The Kier molecular flexibility index (Phi) is 6.10. The van der Waals surface area contributed by atoms with Crippen LogP contribution in [0.4, 0.5) is 0 Å². The van der Waals surface area contributed by atoms with E-state index in [4.69, 9.17) is 4.74 Å². The molecule has 0 bridgehead atoms. The molecule has 0 aromatic rings. The first kappa shape index (κ1) is 17.2. The molecule has 2 unspecified atom stereocenters. The minimum Gasteiger partial charge on any atom is -0.380 e. The monoisotopic (exact) mass is 296 g/mol. The Balaban J connectivity index is 1.86. The summed E-state index contributed by atoms with van der Waals surface area (Å²) in [6.07, 6.45) is 4.12. The van der Waals surface area contributed by atoms with Crippen molar-refractivity contribution >= 4 is 0 Å². The summed E-state index contributed by atoms with van der Waals surface area (Å²) in [6.45, 7) is 16.7. The molecule has 0 spiro atoms. The Bertz CT molecular complexity index is 314. The van der Waals surface area contributed by atoms with Crippen molar-refractivity contribution in [2.24, 2.45) is 17.8 Å². The Morgan fingerprint density at radius 1 is 1.19 bits per heavy atom. The predicted molar refractivity (Wildman–Crippen MR) is 89.6 cm³/mol. The van der Waals surface area contributed by atoms with Gasteiger partial charge in [0.1, 0.15) is 0 Å². The van der Waals surface area contributed by atoms with Crippen LogP contribution in [-0.2, 0) is 4.74 Å². The predicted octanol–water partition coefficient (Wildman–Crippen LogP) is 3.15. The van der Waals surface area contributed by atoms with Gasteiger partial charge in [0.25, 0.3) is 0 Å². The van der Waals surface area contributed by atoms with Gasteiger partial charge in [0, 0.05) is 37.8 Å². The zero-order valence-corrected chi connectivity index (χ0v) is 14.8. The molecule has 2 fully saturated rings. The summed E-state index contributed by atoms with van der Waals surface area (Å²) in [7, 11) is 0. The maximum Gasteiger partial charge on any atom is 0.0593 e. The Hall–Kier alpha value is -0.120. The highest BCUT2D eigenvalue weighted by atomic mass is 16.5. The van der Waals surface area contributed by atoms with E-state index in [0.717, 1.165) is 38.1 Å². The molecule has 0 aromatic heterocycles. The first-order valence-corrected chi connectivity index (χ1v) is 8.97. The van der Waals surface area contributed by atoms with Gasteiger partial charge in [-0.2, -0.15) is 0 Å². The van der Waals surface area contributed by atoms with Crippen molar-refractivity contribution in [1.29, 1.82) is 0 Å². The highest BCUT2D eigenvalue weighted by Crippen LogP contribution is 2.41. The molecule has 0 amide bonds. The van der Waals surface area contributed by atoms with Crippen molar-refractivity contribution in [3.8, 4) is 0 Å². The van der Waals surface area contributed by atoms with Crippen molar-refractivity contribution in [3.63, 3.8) is 0 Å². The maximum atomic E-state index is 5.83. The Morgan fingerprint density at radius 3 is 2.48 bits per heavy atom. The van der Waals surface area contributed by atoms with Gasteiger partial charge in [-0.05, 0) is 43.9 Å². The molecule has 3 heteroatoms. The molecule has 2 rings (SSSR count). The molecule has 1 saturated carbocycles. The van der Waals surface area contributed by atoms with E-state index < -0.39 is 0 Å². The smallest absolute Gasteiger partial charge is 0.0593 e. The van der Waals surface area contributed by atoms with E-state index in [1.165, 1.54) is 25.8 Å². The van der Waals surface area contributed by atoms with E-state index in [1.807, 2.05) is 0 Å². The second kappa shape index (κ2) is 7.43. The van der Waals surface area contributed by atoms with Crippen molar-refractivity contribution < 1.29 is 4.74 Å². The zero-order chi connectivity index (χ0) is 15.5. The molecule has 124 valence electrons. The highest BCUT2D eigenvalue weighted by Gasteiger charge is 2.45. The first-order valence-electron chi connectivity index (χ1n) is 8.97. The summed E-state index contributed by atoms with van der Waals surface area (Å²) >= 11 is 0. The van der Waals surface area contributed by atoms with Crippen molar-refractivity contribution in [2.75, 3.05) is 32.8 Å². The Morgan fingerprint density at radius 2 is 1.90 bits per heavy atom. The largest absolute Gasteiger partial charge is 0.380 e. The number of nitrogens with one attached hydrogen (secondary N) is 1. The molecular formula is C18H36N2O. The van der Waals surface area contributed by atoms with Crippen LogP contribution in [0, 0.1) is 17.8 Å². The van der Waals surface area contributed by atoms with Crippen LogP contribution in [0.5, 0.6) is 0 Å². The summed E-state index contributed by atoms with van der Waals surface area (Å²) < 4.78 is 5.83. The number of piperazine rings is 1. The van der Waals surface area contributed by atoms with E-state index in [2.05, 4.69) is 44.8 Å². The topological polar surface area (TPSA) is 24.5 Å². The fourth-order valence-electron chi connectivity index (χ4n) is 3.62. The number of nitrogens with zero attached hydrogens (tertiary/aromatic N) is 1. The highest BCUT2D eigenvalue weighted by molar-refractivity contribution is 5.04. The molecule has 1 aliphatic heterocycles. The number of hydrogen-bond acceptors (Lipinski definition) is 3. The molecule has 0 radical (unpaired) electrons. The molecule has 1 aliphatic carbocycles. The van der Waals surface area contributed by atoms with Gasteiger partial charge in [0.05, 0.1) is 6.61 Å². The minimum atomic E-state index is 0.339. The average Bonchev–Trinajstić information content (AvgIpc) is 3.22. The van der Waals surface area contributed by atoms with Crippen LogP contribution < -0.4 is 5.32 Å². The van der Waals surface area contributed by atoms with Crippen LogP contribution in [0.15, 0.2) is 0 Å². The van der Waals surface area contributed by atoms with Gasteiger partial charge in [-0.1, -0.05) is 27.7 Å². The standard InChI is InChI=1S/C18H36N2O/c1-14(2)10-17-11-19-18(5,16-6-7-16)13-20(17)8-9-21-12-15(3)4/h14-17,19H,6-13H2,1-5H3. The third-order valence-electron chi connectivity index (χ3n) is 4.99. The van der Waals surface area contributed by atoms with E-state index >= 15 is 0 Å². The van der Waals surface area contributed by atoms with Crippen LogP contribution in [0.3, 0.4) is 0 Å². The number of rotatable bonds is 8. The molecule has 0 aromatic carbocycles. The van der Waals surface area contributed by atoms with Crippen molar-refractivity contribution in [1.82, 2.24) is 10.2 Å². The number of hydrogen-bond donors (Lipinski definition) is 1. The molecule has 1 heterocycles. The Labute approximate surface area is 131 Å². The molecule has 1 N–H and O–H groups in total. The van der Waals surface area contributed by atoms with Gasteiger partial charge >= 0.3 is 0 Å². The van der Waals surface area contributed by atoms with Crippen molar-refractivity contribution in [3.05, 3.63) is 0 Å². The van der Waals surface area contributed by atoms with Crippen molar-refractivity contribution in [2.45, 2.75) is 65.5 Å². The summed E-state index contributed by atoms with van der Waals surface area (Å²) in [5, 5.41) is 3.87. The number of ether oxygens (including phenoxy) is 1. The van der Waals surface area contributed by atoms with Gasteiger partial charge in [0.2, 0.25) is 0 Å². The SMILES string of the molecule is CC(C)COCCN1CC(C)(C2CC2)NCC1CC(C)C. The molecule has 21 heavy (non-hydrogen) atoms. The lowest BCUT2D eigenvalue weighted by molar-refractivity contribution is 0.0264. The van der Waals surface area contributed by atoms with Gasteiger partial charge in [-0.3, -0.25) is 4.90 Å². The molecule has 1 saturated heterocycles. The molecule has 2 atom stereocenters. The second-order valence-corrected chi connectivity index (χ2v) is 8.30. The van der Waals surface area contributed by atoms with Gasteiger partial charge in [-0.15, -0.1) is 0 Å². The molecular weight excluding hydrogens is 260 g/mol. The third kappa shape index (κ3) is 5.22. The van der Waals surface area contributed by atoms with E-state index in [1.54, 1.807) is 0 Å². The fourth-order valence-corrected chi connectivity index (χ4v) is 3.62. The lowest BCUT2D eigenvalue weighted by Gasteiger charge is -2.47. The molecule has 3 nitrogen and oxygen atoms in total. The maximum absolute atomic E-state index is 5.83. The van der Waals surface area contributed by atoms with Crippen LogP contribution in [-0.4, -0.2) is 49.3 Å². The van der Waals surface area contributed by atoms with Gasteiger partial charge in [-0.25, -0.2) is 0 Å². The summed E-state index contributed by atoms with van der Waals surface area (Å²) in [5.41, 5.74) is 0.339. The lowest BCUT2D eigenvalue weighted by atomic mass is 9.89. The summed E-state index contributed by atoms with van der Waals surface area (Å²) in [4.78, 5) is 2.70. The van der Waals surface area contributed by atoms with Crippen LogP contribution in [0.1, 0.15) is 53.9 Å². The van der Waals surface area contributed by atoms with Crippen LogP contribution in [0.25, 0.3) is 0 Å². The lowest BCUT2D eigenvalue weighted by Crippen LogP contribution is -2.64. The van der Waals surface area contributed by atoms with Crippen LogP contribution >= 0.6 is 0 Å². The van der Waals surface area contributed by atoms with E-state index in [0.29, 0.717) is 17.5 Å². The van der Waals surface area contributed by atoms with E-state index in [9.17, 15) is 0 Å². The summed E-state index contributed by atoms with van der Waals surface area (Å²) in [5.74, 6) is 2.30. The first-order chi connectivity index (χ1) is 9.90. The molecule has 2 aliphatic rings.